The lowest BCUT2D eigenvalue weighted by Gasteiger charge is -2.21. The highest BCUT2D eigenvalue weighted by molar-refractivity contribution is 8.00. The second kappa shape index (κ2) is 11.8. The van der Waals surface area contributed by atoms with Gasteiger partial charge in [0.1, 0.15) is 11.5 Å². The molecule has 166 valence electrons. The summed E-state index contributed by atoms with van der Waals surface area (Å²) in [6.07, 6.45) is 3.58. The fourth-order valence-electron chi connectivity index (χ4n) is 3.63. The Morgan fingerprint density at radius 2 is 1.87 bits per heavy atom. The summed E-state index contributed by atoms with van der Waals surface area (Å²) in [7, 11) is 0. The lowest BCUT2D eigenvalue weighted by Crippen LogP contribution is -2.32. The third-order valence-corrected chi connectivity index (χ3v) is 6.63. The van der Waals surface area contributed by atoms with Crippen molar-refractivity contribution in [2.75, 3.05) is 19.0 Å². The number of benzene rings is 2. The van der Waals surface area contributed by atoms with Crippen molar-refractivity contribution in [2.24, 2.45) is 0 Å². The van der Waals surface area contributed by atoms with Crippen molar-refractivity contribution in [2.45, 2.75) is 50.7 Å². The van der Waals surface area contributed by atoms with Crippen LogP contribution < -0.4 is 4.74 Å². The maximum absolute atomic E-state index is 13.0. The molecule has 1 heterocycles. The standard InChI is InChI=1S/C25H31NO4S/c1-3-5-14-22-17-26(18-31-22)24(27)16-23(25(28)29-4-2)19-10-9-13-21(15-19)30-20-11-7-6-8-12-20/h6-13,15,22-23H,3-5,14,16-18H2,1-2H3. The van der Waals surface area contributed by atoms with E-state index in [1.165, 1.54) is 6.42 Å². The molecule has 0 N–H and O–H groups in total. The number of esters is 1. The van der Waals surface area contributed by atoms with Crippen LogP contribution in [0.2, 0.25) is 0 Å². The van der Waals surface area contributed by atoms with Crippen molar-refractivity contribution in [3.63, 3.8) is 0 Å². The number of thioether (sulfide) groups is 1. The van der Waals surface area contributed by atoms with Crippen LogP contribution in [0.4, 0.5) is 0 Å². The van der Waals surface area contributed by atoms with E-state index in [9.17, 15) is 9.59 Å². The Morgan fingerprint density at radius 1 is 1.10 bits per heavy atom. The summed E-state index contributed by atoms with van der Waals surface area (Å²) in [5.41, 5.74) is 0.731. The molecule has 2 aromatic carbocycles. The van der Waals surface area contributed by atoms with Crippen LogP contribution in [-0.2, 0) is 14.3 Å². The van der Waals surface area contributed by atoms with Gasteiger partial charge in [-0.05, 0) is 43.2 Å². The van der Waals surface area contributed by atoms with Crippen molar-refractivity contribution in [1.82, 2.24) is 4.90 Å². The molecule has 1 saturated heterocycles. The van der Waals surface area contributed by atoms with Gasteiger partial charge in [0, 0.05) is 18.2 Å². The van der Waals surface area contributed by atoms with Gasteiger partial charge in [-0.25, -0.2) is 0 Å². The number of para-hydroxylation sites is 1. The van der Waals surface area contributed by atoms with E-state index in [1.54, 1.807) is 6.92 Å². The topological polar surface area (TPSA) is 55.8 Å². The van der Waals surface area contributed by atoms with Gasteiger partial charge in [0.05, 0.1) is 18.4 Å². The fourth-order valence-corrected chi connectivity index (χ4v) is 4.89. The first-order valence-corrected chi connectivity index (χ1v) is 12.0. The highest BCUT2D eigenvalue weighted by Crippen LogP contribution is 2.31. The zero-order valence-corrected chi connectivity index (χ0v) is 19.1. The van der Waals surface area contributed by atoms with Crippen molar-refractivity contribution in [3.05, 3.63) is 60.2 Å². The smallest absolute Gasteiger partial charge is 0.313 e. The Kier molecular flexibility index (Phi) is 8.83. The Labute approximate surface area is 189 Å². The van der Waals surface area contributed by atoms with Gasteiger partial charge in [0.2, 0.25) is 5.91 Å². The molecule has 6 heteroatoms. The summed E-state index contributed by atoms with van der Waals surface area (Å²) in [5, 5.41) is 0.493. The largest absolute Gasteiger partial charge is 0.466 e. The first kappa shape index (κ1) is 23.2. The van der Waals surface area contributed by atoms with E-state index in [-0.39, 0.29) is 24.9 Å². The predicted molar refractivity (Wildman–Crippen MR) is 124 cm³/mol. The number of ether oxygens (including phenoxy) is 2. The molecule has 0 aromatic heterocycles. The summed E-state index contributed by atoms with van der Waals surface area (Å²) in [4.78, 5) is 27.6. The number of carbonyl (C=O) groups is 2. The highest BCUT2D eigenvalue weighted by atomic mass is 32.2. The average molecular weight is 442 g/mol. The summed E-state index contributed by atoms with van der Waals surface area (Å²) in [6.45, 7) is 5.00. The molecule has 0 bridgehead atoms. The molecule has 0 spiro atoms. The molecule has 2 atom stereocenters. The first-order chi connectivity index (χ1) is 15.1. The van der Waals surface area contributed by atoms with E-state index in [2.05, 4.69) is 6.92 Å². The second-order valence-electron chi connectivity index (χ2n) is 7.67. The van der Waals surface area contributed by atoms with Crippen molar-refractivity contribution < 1.29 is 19.1 Å². The van der Waals surface area contributed by atoms with E-state index >= 15 is 0 Å². The van der Waals surface area contributed by atoms with Crippen LogP contribution in [0.15, 0.2) is 54.6 Å². The maximum atomic E-state index is 13.0. The molecular weight excluding hydrogens is 410 g/mol. The van der Waals surface area contributed by atoms with Crippen LogP contribution in [-0.4, -0.2) is 41.1 Å². The number of rotatable bonds is 10. The lowest BCUT2D eigenvalue weighted by atomic mass is 9.95. The Morgan fingerprint density at radius 3 is 2.61 bits per heavy atom. The quantitative estimate of drug-likeness (QED) is 0.449. The number of hydrogen-bond donors (Lipinski definition) is 0. The molecule has 3 rings (SSSR count). The van der Waals surface area contributed by atoms with Gasteiger partial charge in [0.25, 0.3) is 0 Å². The predicted octanol–water partition coefficient (Wildman–Crippen LogP) is 5.61. The van der Waals surface area contributed by atoms with Crippen molar-refractivity contribution in [1.29, 1.82) is 0 Å². The molecule has 1 amide bonds. The number of carbonyl (C=O) groups excluding carboxylic acids is 2. The number of amides is 1. The summed E-state index contributed by atoms with van der Waals surface area (Å²) >= 11 is 1.83. The third-order valence-electron chi connectivity index (χ3n) is 5.31. The van der Waals surface area contributed by atoms with Crippen molar-refractivity contribution in [3.8, 4) is 11.5 Å². The van der Waals surface area contributed by atoms with E-state index in [0.717, 1.165) is 30.7 Å². The van der Waals surface area contributed by atoms with Crippen LogP contribution in [0.5, 0.6) is 11.5 Å². The molecule has 2 unspecified atom stereocenters. The molecule has 1 aliphatic heterocycles. The second-order valence-corrected chi connectivity index (χ2v) is 8.93. The van der Waals surface area contributed by atoms with E-state index < -0.39 is 5.92 Å². The monoisotopic (exact) mass is 441 g/mol. The minimum atomic E-state index is -0.647. The molecular formula is C25H31NO4S. The molecule has 31 heavy (non-hydrogen) atoms. The van der Waals surface area contributed by atoms with Gasteiger partial charge >= 0.3 is 5.97 Å². The SMILES string of the molecule is CCCCC1CN(C(=O)CC(C(=O)OCC)c2cccc(Oc3ccccc3)c2)CS1. The molecule has 5 nitrogen and oxygen atoms in total. The van der Waals surface area contributed by atoms with E-state index in [0.29, 0.717) is 16.9 Å². The fraction of sp³-hybridized carbons (Fsp3) is 0.440. The first-order valence-electron chi connectivity index (χ1n) is 11.0. The van der Waals surface area contributed by atoms with E-state index in [4.69, 9.17) is 9.47 Å². The van der Waals surface area contributed by atoms with Gasteiger partial charge in [-0.2, -0.15) is 0 Å². The molecule has 1 fully saturated rings. The van der Waals surface area contributed by atoms with Crippen LogP contribution in [0.1, 0.15) is 51.0 Å². The minimum Gasteiger partial charge on any atom is -0.466 e. The molecule has 1 aliphatic rings. The summed E-state index contributed by atoms with van der Waals surface area (Å²) in [6, 6.07) is 16.8. The van der Waals surface area contributed by atoms with Gasteiger partial charge in [-0.3, -0.25) is 9.59 Å². The normalized spacial score (nSPS) is 16.7. The zero-order chi connectivity index (χ0) is 22.1. The number of hydrogen-bond acceptors (Lipinski definition) is 5. The number of unbranched alkanes of at least 4 members (excludes halogenated alkanes) is 1. The third kappa shape index (κ3) is 6.76. The molecule has 0 aliphatic carbocycles. The minimum absolute atomic E-state index is 0.000989. The van der Waals surface area contributed by atoms with Crippen LogP contribution in [0.25, 0.3) is 0 Å². The number of nitrogens with zero attached hydrogens (tertiary/aromatic N) is 1. The Bertz CT molecular complexity index is 858. The molecule has 0 radical (unpaired) electrons. The Balaban J connectivity index is 1.71. The lowest BCUT2D eigenvalue weighted by molar-refractivity contribution is -0.147. The highest BCUT2D eigenvalue weighted by Gasteiger charge is 2.31. The van der Waals surface area contributed by atoms with Crippen LogP contribution in [0, 0.1) is 0 Å². The average Bonchev–Trinajstić information content (AvgIpc) is 3.26. The van der Waals surface area contributed by atoms with Gasteiger partial charge < -0.3 is 14.4 Å². The summed E-state index contributed by atoms with van der Waals surface area (Å²) < 4.78 is 11.2. The zero-order valence-electron chi connectivity index (χ0n) is 18.3. The molecule has 2 aromatic rings. The van der Waals surface area contributed by atoms with E-state index in [1.807, 2.05) is 71.3 Å². The summed E-state index contributed by atoms with van der Waals surface area (Å²) in [5.74, 6) is 1.02. The Hall–Kier alpha value is -2.47. The van der Waals surface area contributed by atoms with Gasteiger partial charge in [0.15, 0.2) is 0 Å². The van der Waals surface area contributed by atoms with Crippen molar-refractivity contribution >= 4 is 23.6 Å². The van der Waals surface area contributed by atoms with Crippen LogP contribution >= 0.6 is 11.8 Å². The van der Waals surface area contributed by atoms with Gasteiger partial charge in [-0.1, -0.05) is 50.1 Å². The maximum Gasteiger partial charge on any atom is 0.313 e. The molecule has 0 saturated carbocycles. The van der Waals surface area contributed by atoms with Crippen LogP contribution in [0.3, 0.4) is 0 Å². The van der Waals surface area contributed by atoms with Gasteiger partial charge in [-0.15, -0.1) is 11.8 Å².